The molecule has 2 aromatic heterocycles. The number of aromatic amines is 1. The number of benzene rings is 1. The summed E-state index contributed by atoms with van der Waals surface area (Å²) >= 11 is 11.4. The highest BCUT2D eigenvalue weighted by molar-refractivity contribution is 6.55. The smallest absolute Gasteiger partial charge is 0.406 e. The van der Waals surface area contributed by atoms with Crippen LogP contribution in [0.15, 0.2) is 47.2 Å². The number of allylic oxidation sites excluding steroid dienone is 1. The third-order valence-electron chi connectivity index (χ3n) is 4.85. The number of aromatic nitrogens is 4. The van der Waals surface area contributed by atoms with Crippen LogP contribution in [-0.2, 0) is 13.0 Å². The number of H-pyrrole nitrogens is 1. The van der Waals surface area contributed by atoms with Gasteiger partial charge in [0.05, 0.1) is 6.20 Å². The van der Waals surface area contributed by atoms with E-state index in [2.05, 4.69) is 35.9 Å². The first-order valence-electron chi connectivity index (χ1n) is 10.8. The maximum absolute atomic E-state index is 12.7. The lowest BCUT2D eigenvalue weighted by Gasteiger charge is -2.10. The van der Waals surface area contributed by atoms with Gasteiger partial charge >= 0.3 is 12.4 Å². The SMILES string of the molecule is Cc1[nH]ncc1CCCNC(=O)c1nc(NC(=O)Nc2ccc(OC(F)(F)F)cc2)cn1CC=C(Cl)Cl. The summed E-state index contributed by atoms with van der Waals surface area (Å²) in [6.07, 6.45) is 1.16. The van der Waals surface area contributed by atoms with Crippen LogP contribution in [0.3, 0.4) is 0 Å². The molecule has 0 fully saturated rings. The standard InChI is InChI=1S/C22H22Cl2F3N7O3/c1-13-14(11-29-33-13)3-2-9-28-20(35)19-31-18(12-34(19)10-8-17(23)24)32-21(36)30-15-4-6-16(7-5-15)37-22(25,26)27/h4-8,11-12H,2-3,9-10H2,1H3,(H,28,35)(H,29,33)(H2,30,32,36). The van der Waals surface area contributed by atoms with Crippen molar-refractivity contribution in [3.05, 3.63) is 64.3 Å². The molecule has 0 atom stereocenters. The van der Waals surface area contributed by atoms with Gasteiger partial charge in [0.15, 0.2) is 5.82 Å². The van der Waals surface area contributed by atoms with Crippen LogP contribution in [-0.4, -0.2) is 44.6 Å². The monoisotopic (exact) mass is 559 g/mol. The van der Waals surface area contributed by atoms with Crippen molar-refractivity contribution in [1.82, 2.24) is 25.1 Å². The number of ether oxygens (including phenoxy) is 1. The molecule has 0 unspecified atom stereocenters. The number of nitrogens with one attached hydrogen (secondary N) is 4. The summed E-state index contributed by atoms with van der Waals surface area (Å²) in [7, 11) is 0. The number of amides is 3. The Morgan fingerprint density at radius 3 is 2.54 bits per heavy atom. The summed E-state index contributed by atoms with van der Waals surface area (Å²) in [5, 5.41) is 14.5. The van der Waals surface area contributed by atoms with Crippen molar-refractivity contribution in [1.29, 1.82) is 0 Å². The topological polar surface area (TPSA) is 126 Å². The molecule has 0 saturated carbocycles. The Bertz CT molecular complexity index is 1250. The van der Waals surface area contributed by atoms with E-state index in [0.717, 1.165) is 29.8 Å². The molecule has 37 heavy (non-hydrogen) atoms. The van der Waals surface area contributed by atoms with E-state index in [1.165, 1.54) is 29.0 Å². The lowest BCUT2D eigenvalue weighted by molar-refractivity contribution is -0.274. The molecule has 2 heterocycles. The Kier molecular flexibility index (Phi) is 9.42. The molecule has 15 heteroatoms. The third-order valence-corrected chi connectivity index (χ3v) is 5.16. The molecule has 3 aromatic rings. The van der Waals surface area contributed by atoms with Gasteiger partial charge in [-0.2, -0.15) is 5.10 Å². The molecular formula is C22H22Cl2F3N7O3. The van der Waals surface area contributed by atoms with E-state index < -0.39 is 24.1 Å². The lowest BCUT2D eigenvalue weighted by atomic mass is 10.1. The molecule has 0 spiro atoms. The molecule has 4 N–H and O–H groups in total. The zero-order chi connectivity index (χ0) is 27.0. The van der Waals surface area contributed by atoms with E-state index in [9.17, 15) is 22.8 Å². The van der Waals surface area contributed by atoms with Crippen molar-refractivity contribution in [2.24, 2.45) is 0 Å². The molecule has 3 rings (SSSR count). The number of carbonyl (C=O) groups is 2. The normalized spacial score (nSPS) is 11.1. The van der Waals surface area contributed by atoms with Crippen LogP contribution in [0, 0.1) is 6.92 Å². The number of halogens is 5. The number of aryl methyl sites for hydroxylation is 2. The van der Waals surface area contributed by atoms with Gasteiger partial charge in [-0.15, -0.1) is 13.2 Å². The van der Waals surface area contributed by atoms with Crippen LogP contribution in [0.1, 0.15) is 28.3 Å². The minimum atomic E-state index is -4.82. The predicted molar refractivity (Wildman–Crippen MR) is 132 cm³/mol. The summed E-state index contributed by atoms with van der Waals surface area (Å²) < 4.78 is 42.1. The molecule has 0 radical (unpaired) electrons. The van der Waals surface area contributed by atoms with Crippen molar-refractivity contribution in [3.8, 4) is 5.75 Å². The zero-order valence-corrected chi connectivity index (χ0v) is 20.8. The van der Waals surface area contributed by atoms with E-state index in [0.29, 0.717) is 13.0 Å². The van der Waals surface area contributed by atoms with Crippen LogP contribution in [0.25, 0.3) is 0 Å². The molecule has 0 aliphatic carbocycles. The Morgan fingerprint density at radius 2 is 1.92 bits per heavy atom. The molecule has 0 aliphatic heterocycles. The first-order valence-corrected chi connectivity index (χ1v) is 11.5. The Labute approximate surface area is 219 Å². The second kappa shape index (κ2) is 12.5. The fourth-order valence-corrected chi connectivity index (χ4v) is 3.31. The Morgan fingerprint density at radius 1 is 1.19 bits per heavy atom. The van der Waals surface area contributed by atoms with Crippen molar-refractivity contribution in [2.75, 3.05) is 17.2 Å². The van der Waals surface area contributed by atoms with Crippen molar-refractivity contribution in [2.45, 2.75) is 32.7 Å². The van der Waals surface area contributed by atoms with Crippen LogP contribution in [0.5, 0.6) is 5.75 Å². The first-order chi connectivity index (χ1) is 17.5. The third kappa shape index (κ3) is 9.03. The van der Waals surface area contributed by atoms with Crippen molar-refractivity contribution in [3.63, 3.8) is 0 Å². The van der Waals surface area contributed by atoms with Gasteiger partial charge in [0.25, 0.3) is 5.91 Å². The number of nitrogens with zero attached hydrogens (tertiary/aromatic N) is 3. The molecule has 1 aromatic carbocycles. The molecular weight excluding hydrogens is 538 g/mol. The molecule has 0 aliphatic rings. The molecule has 3 amide bonds. The quantitative estimate of drug-likeness (QED) is 0.256. The highest BCUT2D eigenvalue weighted by Crippen LogP contribution is 2.24. The van der Waals surface area contributed by atoms with Crippen LogP contribution in [0.4, 0.5) is 29.5 Å². The van der Waals surface area contributed by atoms with E-state index in [-0.39, 0.29) is 28.4 Å². The van der Waals surface area contributed by atoms with Gasteiger partial charge in [-0.1, -0.05) is 23.2 Å². The highest BCUT2D eigenvalue weighted by Gasteiger charge is 2.31. The zero-order valence-electron chi connectivity index (χ0n) is 19.3. The number of hydrogen-bond acceptors (Lipinski definition) is 5. The summed E-state index contributed by atoms with van der Waals surface area (Å²) in [4.78, 5) is 29.3. The maximum atomic E-state index is 12.7. The highest BCUT2D eigenvalue weighted by atomic mass is 35.5. The maximum Gasteiger partial charge on any atom is 0.573 e. The Hall–Kier alpha value is -3.71. The van der Waals surface area contributed by atoms with Crippen LogP contribution >= 0.6 is 23.2 Å². The number of carbonyl (C=O) groups excluding carboxylic acids is 2. The first kappa shape index (κ1) is 27.9. The largest absolute Gasteiger partial charge is 0.573 e. The van der Waals surface area contributed by atoms with Gasteiger partial charge < -0.3 is 19.9 Å². The minimum absolute atomic E-state index is 0.00859. The lowest BCUT2D eigenvalue weighted by Crippen LogP contribution is -2.28. The second-order valence-electron chi connectivity index (χ2n) is 7.63. The van der Waals surface area contributed by atoms with Gasteiger partial charge in [0.1, 0.15) is 10.2 Å². The Balaban J connectivity index is 1.61. The van der Waals surface area contributed by atoms with E-state index in [1.54, 1.807) is 6.20 Å². The van der Waals surface area contributed by atoms with Crippen molar-refractivity contribution < 1.29 is 27.5 Å². The molecule has 0 saturated heterocycles. The van der Waals surface area contributed by atoms with E-state index in [1.807, 2.05) is 6.92 Å². The summed E-state index contributed by atoms with van der Waals surface area (Å²) in [6.45, 7) is 2.39. The predicted octanol–water partition coefficient (Wildman–Crippen LogP) is 5.14. The number of alkyl halides is 3. The fraction of sp³-hybridized carbons (Fsp3) is 0.273. The summed E-state index contributed by atoms with van der Waals surface area (Å²) in [6, 6.07) is 3.84. The van der Waals surface area contributed by atoms with Crippen LogP contribution in [0.2, 0.25) is 0 Å². The average Bonchev–Trinajstić information content (AvgIpc) is 3.41. The van der Waals surface area contributed by atoms with Gasteiger partial charge in [-0.25, -0.2) is 9.78 Å². The number of hydrogen-bond donors (Lipinski definition) is 4. The molecule has 0 bridgehead atoms. The molecule has 10 nitrogen and oxygen atoms in total. The van der Waals surface area contributed by atoms with Crippen molar-refractivity contribution >= 4 is 46.6 Å². The van der Waals surface area contributed by atoms with Gasteiger partial charge in [-0.05, 0) is 55.7 Å². The van der Waals surface area contributed by atoms with Gasteiger partial charge in [0.2, 0.25) is 5.82 Å². The summed E-state index contributed by atoms with van der Waals surface area (Å²) in [5.74, 6) is -0.849. The number of rotatable bonds is 10. The van der Waals surface area contributed by atoms with Gasteiger partial charge in [0, 0.05) is 30.7 Å². The number of urea groups is 1. The molecule has 198 valence electrons. The van der Waals surface area contributed by atoms with Crippen LogP contribution < -0.4 is 20.7 Å². The summed E-state index contributed by atoms with van der Waals surface area (Å²) in [5.41, 5.74) is 2.22. The fourth-order valence-electron chi connectivity index (χ4n) is 3.17. The van der Waals surface area contributed by atoms with E-state index >= 15 is 0 Å². The minimum Gasteiger partial charge on any atom is -0.406 e. The number of imidazole rings is 1. The number of anilines is 2. The van der Waals surface area contributed by atoms with E-state index in [4.69, 9.17) is 23.2 Å². The second-order valence-corrected chi connectivity index (χ2v) is 8.63. The average molecular weight is 560 g/mol. The van der Waals surface area contributed by atoms with Gasteiger partial charge in [-0.3, -0.25) is 15.2 Å².